The Morgan fingerprint density at radius 1 is 1.31 bits per heavy atom. The Morgan fingerprint density at radius 3 is 2.69 bits per heavy atom. The summed E-state index contributed by atoms with van der Waals surface area (Å²) in [6.45, 7) is 5.36. The summed E-state index contributed by atoms with van der Waals surface area (Å²) >= 11 is 1.59. The third-order valence-corrected chi connectivity index (χ3v) is 3.66. The van der Waals surface area contributed by atoms with Gasteiger partial charge in [0.25, 0.3) is 0 Å². The molecule has 1 unspecified atom stereocenters. The van der Waals surface area contributed by atoms with Crippen LogP contribution in [0.1, 0.15) is 26.7 Å². The highest BCUT2D eigenvalue weighted by Crippen LogP contribution is 2.22. The van der Waals surface area contributed by atoms with E-state index in [1.807, 2.05) is 12.1 Å². The molecule has 0 saturated heterocycles. The van der Waals surface area contributed by atoms with E-state index in [-0.39, 0.29) is 5.82 Å². The fourth-order valence-electron chi connectivity index (χ4n) is 1.42. The van der Waals surface area contributed by atoms with Crippen LogP contribution in [0.15, 0.2) is 29.2 Å². The molecule has 1 N–H and O–H groups in total. The Morgan fingerprint density at radius 2 is 2.06 bits per heavy atom. The standard InChI is InChI=1S/C13H20FNS/c1-3-9-15-11(4-2)10-16-13-8-6-5-7-12(13)14/h5-8,11,15H,3-4,9-10H2,1-2H3. The van der Waals surface area contributed by atoms with Gasteiger partial charge in [-0.2, -0.15) is 0 Å². The molecular weight excluding hydrogens is 221 g/mol. The van der Waals surface area contributed by atoms with Gasteiger partial charge in [0.1, 0.15) is 5.82 Å². The van der Waals surface area contributed by atoms with Gasteiger partial charge in [-0.25, -0.2) is 4.39 Å². The molecule has 1 rings (SSSR count). The molecule has 0 amide bonds. The first-order valence-electron chi connectivity index (χ1n) is 5.88. The highest BCUT2D eigenvalue weighted by molar-refractivity contribution is 7.99. The molecule has 0 aliphatic heterocycles. The van der Waals surface area contributed by atoms with Gasteiger partial charge in [0.05, 0.1) is 0 Å². The van der Waals surface area contributed by atoms with Gasteiger partial charge in [0.2, 0.25) is 0 Å². The van der Waals surface area contributed by atoms with Crippen LogP contribution in [0.2, 0.25) is 0 Å². The van der Waals surface area contributed by atoms with Crippen LogP contribution in [0.3, 0.4) is 0 Å². The maximum Gasteiger partial charge on any atom is 0.136 e. The van der Waals surface area contributed by atoms with Gasteiger partial charge < -0.3 is 5.32 Å². The quantitative estimate of drug-likeness (QED) is 0.731. The van der Waals surface area contributed by atoms with E-state index in [1.54, 1.807) is 17.8 Å². The molecule has 1 aromatic rings. The Kier molecular flexibility index (Phi) is 6.50. The number of rotatable bonds is 7. The number of hydrogen-bond donors (Lipinski definition) is 1. The van der Waals surface area contributed by atoms with Crippen molar-refractivity contribution in [3.63, 3.8) is 0 Å². The van der Waals surface area contributed by atoms with Gasteiger partial charge in [-0.3, -0.25) is 0 Å². The first-order valence-corrected chi connectivity index (χ1v) is 6.87. The Labute approximate surface area is 102 Å². The van der Waals surface area contributed by atoms with Crippen LogP contribution in [-0.2, 0) is 0 Å². The minimum Gasteiger partial charge on any atom is -0.313 e. The number of hydrogen-bond acceptors (Lipinski definition) is 2. The normalized spacial score (nSPS) is 12.7. The fourth-order valence-corrected chi connectivity index (χ4v) is 2.54. The first kappa shape index (κ1) is 13.5. The van der Waals surface area contributed by atoms with Crippen molar-refractivity contribution in [3.8, 4) is 0 Å². The summed E-state index contributed by atoms with van der Waals surface area (Å²) in [5.41, 5.74) is 0. The average Bonchev–Trinajstić information content (AvgIpc) is 2.31. The lowest BCUT2D eigenvalue weighted by molar-refractivity contribution is 0.538. The van der Waals surface area contributed by atoms with E-state index in [9.17, 15) is 4.39 Å². The summed E-state index contributed by atoms with van der Waals surface area (Å²) < 4.78 is 13.4. The summed E-state index contributed by atoms with van der Waals surface area (Å²) in [6, 6.07) is 7.44. The molecule has 1 nitrogen and oxygen atoms in total. The van der Waals surface area contributed by atoms with Crippen molar-refractivity contribution in [3.05, 3.63) is 30.1 Å². The highest BCUT2D eigenvalue weighted by Gasteiger charge is 2.07. The zero-order valence-electron chi connectivity index (χ0n) is 10.0. The van der Waals surface area contributed by atoms with E-state index >= 15 is 0 Å². The smallest absolute Gasteiger partial charge is 0.136 e. The van der Waals surface area contributed by atoms with E-state index in [0.717, 1.165) is 30.0 Å². The number of thioether (sulfide) groups is 1. The predicted molar refractivity (Wildman–Crippen MR) is 69.5 cm³/mol. The molecule has 0 aliphatic carbocycles. The van der Waals surface area contributed by atoms with Crippen LogP contribution in [0.25, 0.3) is 0 Å². The zero-order valence-corrected chi connectivity index (χ0v) is 10.8. The first-order chi connectivity index (χ1) is 7.77. The lowest BCUT2D eigenvalue weighted by atomic mass is 10.2. The molecule has 16 heavy (non-hydrogen) atoms. The molecule has 0 fully saturated rings. The second-order valence-corrected chi connectivity index (χ2v) is 4.86. The van der Waals surface area contributed by atoms with Crippen molar-refractivity contribution in [2.75, 3.05) is 12.3 Å². The molecule has 0 aromatic heterocycles. The zero-order chi connectivity index (χ0) is 11.8. The van der Waals surface area contributed by atoms with Crippen LogP contribution in [0.5, 0.6) is 0 Å². The third-order valence-electron chi connectivity index (χ3n) is 2.45. The van der Waals surface area contributed by atoms with Crippen molar-refractivity contribution in [2.24, 2.45) is 0 Å². The molecule has 1 aromatic carbocycles. The van der Waals surface area contributed by atoms with Crippen molar-refractivity contribution >= 4 is 11.8 Å². The molecule has 0 heterocycles. The van der Waals surface area contributed by atoms with E-state index < -0.39 is 0 Å². The maximum atomic E-state index is 13.4. The van der Waals surface area contributed by atoms with Crippen LogP contribution >= 0.6 is 11.8 Å². The fraction of sp³-hybridized carbons (Fsp3) is 0.538. The number of halogens is 1. The van der Waals surface area contributed by atoms with Gasteiger partial charge in [0.15, 0.2) is 0 Å². The Balaban J connectivity index is 2.40. The summed E-state index contributed by atoms with van der Waals surface area (Å²) in [5, 5.41) is 3.47. The van der Waals surface area contributed by atoms with Gasteiger partial charge in [-0.15, -0.1) is 11.8 Å². The summed E-state index contributed by atoms with van der Waals surface area (Å²) in [5.74, 6) is 0.815. The van der Waals surface area contributed by atoms with Crippen molar-refractivity contribution in [1.29, 1.82) is 0 Å². The SMILES string of the molecule is CCCNC(CC)CSc1ccccc1F. The van der Waals surface area contributed by atoms with Gasteiger partial charge in [-0.05, 0) is 31.5 Å². The van der Waals surface area contributed by atoms with E-state index in [4.69, 9.17) is 0 Å². The monoisotopic (exact) mass is 241 g/mol. The molecule has 0 spiro atoms. The van der Waals surface area contributed by atoms with Crippen molar-refractivity contribution in [1.82, 2.24) is 5.32 Å². The van der Waals surface area contributed by atoms with Gasteiger partial charge >= 0.3 is 0 Å². The lowest BCUT2D eigenvalue weighted by Crippen LogP contribution is -2.31. The molecule has 0 radical (unpaired) electrons. The molecule has 0 aliphatic rings. The highest BCUT2D eigenvalue weighted by atomic mass is 32.2. The minimum absolute atomic E-state index is 0.113. The third kappa shape index (κ3) is 4.54. The topological polar surface area (TPSA) is 12.0 Å². The predicted octanol–water partition coefficient (Wildman–Crippen LogP) is 3.70. The lowest BCUT2D eigenvalue weighted by Gasteiger charge is -2.16. The van der Waals surface area contributed by atoms with Crippen molar-refractivity contribution in [2.45, 2.75) is 37.6 Å². The van der Waals surface area contributed by atoms with Gasteiger partial charge in [-0.1, -0.05) is 26.0 Å². The largest absolute Gasteiger partial charge is 0.313 e. The second kappa shape index (κ2) is 7.69. The van der Waals surface area contributed by atoms with Crippen LogP contribution in [0.4, 0.5) is 4.39 Å². The van der Waals surface area contributed by atoms with Crippen LogP contribution < -0.4 is 5.32 Å². The molecule has 90 valence electrons. The maximum absolute atomic E-state index is 13.4. The molecule has 3 heteroatoms. The van der Waals surface area contributed by atoms with Crippen molar-refractivity contribution < 1.29 is 4.39 Å². The second-order valence-electron chi connectivity index (χ2n) is 3.80. The van der Waals surface area contributed by atoms with E-state index in [2.05, 4.69) is 19.2 Å². The summed E-state index contributed by atoms with van der Waals surface area (Å²) in [4.78, 5) is 0.749. The molecule has 0 saturated carbocycles. The van der Waals surface area contributed by atoms with Crippen LogP contribution in [-0.4, -0.2) is 18.3 Å². The summed E-state index contributed by atoms with van der Waals surface area (Å²) in [7, 11) is 0. The Hall–Kier alpha value is -0.540. The molecule has 1 atom stereocenters. The molecular formula is C13H20FNS. The number of nitrogens with one attached hydrogen (secondary N) is 1. The average molecular weight is 241 g/mol. The minimum atomic E-state index is -0.113. The van der Waals surface area contributed by atoms with E-state index in [0.29, 0.717) is 6.04 Å². The molecule has 0 bridgehead atoms. The summed E-state index contributed by atoms with van der Waals surface area (Å²) in [6.07, 6.45) is 2.22. The Bertz CT molecular complexity index is 304. The number of benzene rings is 1. The van der Waals surface area contributed by atoms with Gasteiger partial charge in [0, 0.05) is 16.7 Å². The van der Waals surface area contributed by atoms with Crippen LogP contribution in [0, 0.1) is 5.82 Å². The van der Waals surface area contributed by atoms with E-state index in [1.165, 1.54) is 6.07 Å².